The van der Waals surface area contributed by atoms with Gasteiger partial charge in [-0.2, -0.15) is 0 Å². The highest BCUT2D eigenvalue weighted by Crippen LogP contribution is 2.30. The molecule has 0 atom stereocenters. The first-order valence-electron chi connectivity index (χ1n) is 7.93. The van der Waals surface area contributed by atoms with Crippen LogP contribution in [-0.4, -0.2) is 63.3 Å². The molecule has 1 heterocycles. The summed E-state index contributed by atoms with van der Waals surface area (Å²) < 4.78 is 15.8. The first-order chi connectivity index (χ1) is 10.2. The number of rotatable bonds is 6. The van der Waals surface area contributed by atoms with Gasteiger partial charge in [0.1, 0.15) is 5.60 Å². The zero-order chi connectivity index (χ0) is 16.8. The lowest BCUT2D eigenvalue weighted by Gasteiger charge is -2.40. The van der Waals surface area contributed by atoms with E-state index < -0.39 is 5.60 Å². The zero-order valence-electron chi connectivity index (χ0n) is 14.9. The van der Waals surface area contributed by atoms with Crippen LogP contribution >= 0.6 is 0 Å². The van der Waals surface area contributed by atoms with Crippen molar-refractivity contribution < 1.29 is 19.0 Å². The molecule has 0 aromatic rings. The molecule has 0 saturated carbocycles. The standard InChI is InChI=1S/C16H32N2O4/c1-15(2,3)22-14(19)18-9-7-16(4,8-10-18)12-17-11-13(20-5)21-6/h13,17H,7-12H2,1-6H3. The SMILES string of the molecule is COC(CNCC1(C)CCN(C(=O)OC(C)(C)C)CC1)OC. The predicted octanol–water partition coefficient (Wildman–Crippen LogP) is 2.23. The summed E-state index contributed by atoms with van der Waals surface area (Å²) in [6.45, 7) is 11.0. The lowest BCUT2D eigenvalue weighted by molar-refractivity contribution is -0.0997. The third kappa shape index (κ3) is 6.50. The molecule has 0 aromatic heterocycles. The molecule has 0 aromatic carbocycles. The molecule has 1 amide bonds. The van der Waals surface area contributed by atoms with Crippen molar-refractivity contribution in [2.24, 2.45) is 5.41 Å². The van der Waals surface area contributed by atoms with Gasteiger partial charge in [-0.25, -0.2) is 4.79 Å². The Morgan fingerprint density at radius 1 is 1.23 bits per heavy atom. The van der Waals surface area contributed by atoms with Gasteiger partial charge in [-0.3, -0.25) is 0 Å². The number of carbonyl (C=O) groups excluding carboxylic acids is 1. The molecule has 1 N–H and O–H groups in total. The molecule has 1 aliphatic heterocycles. The topological polar surface area (TPSA) is 60.0 Å². The Morgan fingerprint density at radius 3 is 2.23 bits per heavy atom. The Bertz CT molecular complexity index is 343. The average Bonchev–Trinajstić information content (AvgIpc) is 2.42. The predicted molar refractivity (Wildman–Crippen MR) is 85.8 cm³/mol. The fourth-order valence-corrected chi connectivity index (χ4v) is 2.49. The molecule has 6 nitrogen and oxygen atoms in total. The van der Waals surface area contributed by atoms with E-state index in [1.54, 1.807) is 19.1 Å². The maximum Gasteiger partial charge on any atom is 0.410 e. The van der Waals surface area contributed by atoms with Crippen molar-refractivity contribution in [1.29, 1.82) is 0 Å². The molecular formula is C16H32N2O4. The minimum Gasteiger partial charge on any atom is -0.444 e. The van der Waals surface area contributed by atoms with Gasteiger partial charge in [0.25, 0.3) is 0 Å². The number of methoxy groups -OCH3 is 2. The Hall–Kier alpha value is -0.850. The van der Waals surface area contributed by atoms with E-state index in [-0.39, 0.29) is 17.8 Å². The Labute approximate surface area is 134 Å². The third-order valence-electron chi connectivity index (χ3n) is 4.01. The lowest BCUT2D eigenvalue weighted by atomic mass is 9.80. The number of carbonyl (C=O) groups is 1. The maximum absolute atomic E-state index is 12.1. The van der Waals surface area contributed by atoms with E-state index >= 15 is 0 Å². The summed E-state index contributed by atoms with van der Waals surface area (Å²) in [6.07, 6.45) is 1.50. The lowest BCUT2D eigenvalue weighted by Crippen LogP contribution is -2.47. The Balaban J connectivity index is 2.35. The largest absolute Gasteiger partial charge is 0.444 e. The van der Waals surface area contributed by atoms with Crippen molar-refractivity contribution in [2.75, 3.05) is 40.4 Å². The van der Waals surface area contributed by atoms with E-state index in [2.05, 4.69) is 12.2 Å². The smallest absolute Gasteiger partial charge is 0.410 e. The molecule has 0 bridgehead atoms. The summed E-state index contributed by atoms with van der Waals surface area (Å²) in [6, 6.07) is 0. The molecule has 0 aliphatic carbocycles. The highest BCUT2D eigenvalue weighted by Gasteiger charge is 2.33. The van der Waals surface area contributed by atoms with Gasteiger partial charge in [0.2, 0.25) is 0 Å². The monoisotopic (exact) mass is 316 g/mol. The summed E-state index contributed by atoms with van der Waals surface area (Å²) in [5.74, 6) is 0. The van der Waals surface area contributed by atoms with E-state index in [1.165, 1.54) is 0 Å². The van der Waals surface area contributed by atoms with Gasteiger partial charge in [-0.05, 0) is 39.0 Å². The second kappa shape index (κ2) is 8.13. The van der Waals surface area contributed by atoms with Crippen LogP contribution in [0.2, 0.25) is 0 Å². The van der Waals surface area contributed by atoms with Crippen LogP contribution in [0.25, 0.3) is 0 Å². The van der Waals surface area contributed by atoms with Gasteiger partial charge in [0.05, 0.1) is 0 Å². The number of amides is 1. The molecule has 1 rings (SSSR count). The quantitative estimate of drug-likeness (QED) is 0.762. The van der Waals surface area contributed by atoms with Crippen molar-refractivity contribution in [3.63, 3.8) is 0 Å². The minimum atomic E-state index is -0.436. The molecule has 1 fully saturated rings. The van der Waals surface area contributed by atoms with Crippen LogP contribution in [0.4, 0.5) is 4.79 Å². The first-order valence-corrected chi connectivity index (χ1v) is 7.93. The molecule has 22 heavy (non-hydrogen) atoms. The van der Waals surface area contributed by atoms with Gasteiger partial charge >= 0.3 is 6.09 Å². The Kier molecular flexibility index (Phi) is 7.09. The molecule has 1 aliphatic rings. The molecule has 1 saturated heterocycles. The summed E-state index contributed by atoms with van der Waals surface area (Å²) in [7, 11) is 3.27. The van der Waals surface area contributed by atoms with Gasteiger partial charge in [0.15, 0.2) is 6.29 Å². The molecule has 130 valence electrons. The Morgan fingerprint density at radius 2 is 1.77 bits per heavy atom. The van der Waals surface area contributed by atoms with E-state index in [9.17, 15) is 4.79 Å². The molecular weight excluding hydrogens is 284 g/mol. The van der Waals surface area contributed by atoms with Crippen LogP contribution < -0.4 is 5.32 Å². The van der Waals surface area contributed by atoms with Crippen molar-refractivity contribution >= 4 is 6.09 Å². The van der Waals surface area contributed by atoms with Gasteiger partial charge in [-0.15, -0.1) is 0 Å². The van der Waals surface area contributed by atoms with E-state index in [1.807, 2.05) is 20.8 Å². The number of nitrogens with one attached hydrogen (secondary N) is 1. The summed E-state index contributed by atoms with van der Waals surface area (Å²) in [5.41, 5.74) is -0.251. The average molecular weight is 316 g/mol. The minimum absolute atomic E-state index is 0.185. The second-order valence-electron chi connectivity index (χ2n) is 7.31. The zero-order valence-corrected chi connectivity index (χ0v) is 14.9. The maximum atomic E-state index is 12.1. The van der Waals surface area contributed by atoms with Crippen molar-refractivity contribution in [3.8, 4) is 0 Å². The second-order valence-corrected chi connectivity index (χ2v) is 7.31. The van der Waals surface area contributed by atoms with Crippen LogP contribution in [0.3, 0.4) is 0 Å². The van der Waals surface area contributed by atoms with Crippen molar-refractivity contribution in [3.05, 3.63) is 0 Å². The van der Waals surface area contributed by atoms with Crippen molar-refractivity contribution in [2.45, 2.75) is 52.4 Å². The van der Waals surface area contributed by atoms with Crippen LogP contribution in [0, 0.1) is 5.41 Å². The van der Waals surface area contributed by atoms with E-state index in [4.69, 9.17) is 14.2 Å². The molecule has 0 spiro atoms. The third-order valence-corrected chi connectivity index (χ3v) is 4.01. The highest BCUT2D eigenvalue weighted by atomic mass is 16.7. The number of piperidine rings is 1. The molecule has 6 heteroatoms. The van der Waals surface area contributed by atoms with Crippen molar-refractivity contribution in [1.82, 2.24) is 10.2 Å². The van der Waals surface area contributed by atoms with E-state index in [0.29, 0.717) is 6.54 Å². The van der Waals surface area contributed by atoms with Crippen LogP contribution in [0.5, 0.6) is 0 Å². The molecule has 0 radical (unpaired) electrons. The first kappa shape index (κ1) is 19.2. The fourth-order valence-electron chi connectivity index (χ4n) is 2.49. The summed E-state index contributed by atoms with van der Waals surface area (Å²) in [5, 5.41) is 3.40. The van der Waals surface area contributed by atoms with Crippen LogP contribution in [0.15, 0.2) is 0 Å². The van der Waals surface area contributed by atoms with Gasteiger partial charge in [-0.1, -0.05) is 6.92 Å². The van der Waals surface area contributed by atoms with Crippen LogP contribution in [0.1, 0.15) is 40.5 Å². The normalized spacial score (nSPS) is 18.6. The van der Waals surface area contributed by atoms with Crippen LogP contribution in [-0.2, 0) is 14.2 Å². The fraction of sp³-hybridized carbons (Fsp3) is 0.938. The molecule has 0 unspecified atom stereocenters. The number of likely N-dealkylation sites (tertiary alicyclic amines) is 1. The van der Waals surface area contributed by atoms with Gasteiger partial charge in [0, 0.05) is 40.4 Å². The highest BCUT2D eigenvalue weighted by molar-refractivity contribution is 5.68. The number of ether oxygens (including phenoxy) is 3. The van der Waals surface area contributed by atoms with Gasteiger partial charge < -0.3 is 24.4 Å². The number of hydrogen-bond donors (Lipinski definition) is 1. The summed E-state index contributed by atoms with van der Waals surface area (Å²) >= 11 is 0. The summed E-state index contributed by atoms with van der Waals surface area (Å²) in [4.78, 5) is 13.9. The van der Waals surface area contributed by atoms with E-state index in [0.717, 1.165) is 32.5 Å². The number of hydrogen-bond acceptors (Lipinski definition) is 5. The number of nitrogens with zero attached hydrogens (tertiary/aromatic N) is 1.